The Labute approximate surface area is 180 Å². The van der Waals surface area contributed by atoms with Gasteiger partial charge < -0.3 is 19.9 Å². The Morgan fingerprint density at radius 3 is 2.62 bits per heavy atom. The van der Waals surface area contributed by atoms with E-state index in [0.717, 1.165) is 28.9 Å². The molecule has 1 heterocycles. The third-order valence-corrected chi connectivity index (χ3v) is 5.23. The zero-order valence-electron chi connectivity index (χ0n) is 16.6. The summed E-state index contributed by atoms with van der Waals surface area (Å²) in [7, 11) is 0. The maximum atomic E-state index is 13.2. The summed E-state index contributed by atoms with van der Waals surface area (Å²) < 4.78 is 6.40. The highest BCUT2D eigenvalue weighted by Gasteiger charge is 2.23. The Balaban J connectivity index is 1.81. The van der Waals surface area contributed by atoms with E-state index in [0.29, 0.717) is 31.8 Å². The predicted octanol–water partition coefficient (Wildman–Crippen LogP) is 2.92. The highest BCUT2D eigenvalue weighted by molar-refractivity contribution is 9.10. The van der Waals surface area contributed by atoms with Crippen LogP contribution in [0.3, 0.4) is 0 Å². The number of carbonyl (C=O) groups is 2. The van der Waals surface area contributed by atoms with Crippen molar-refractivity contribution in [3.8, 4) is 5.75 Å². The SMILES string of the molecule is CCOc1cccc(CN(CC(=O)N2CCNCC2)C(=O)c2cccc(Br)c2)c1. The molecule has 7 heteroatoms. The summed E-state index contributed by atoms with van der Waals surface area (Å²) >= 11 is 3.42. The molecule has 1 N–H and O–H groups in total. The van der Waals surface area contributed by atoms with Crippen molar-refractivity contribution in [1.29, 1.82) is 0 Å². The van der Waals surface area contributed by atoms with Crippen LogP contribution >= 0.6 is 15.9 Å². The van der Waals surface area contributed by atoms with Crippen molar-refractivity contribution in [1.82, 2.24) is 15.1 Å². The van der Waals surface area contributed by atoms with E-state index in [9.17, 15) is 9.59 Å². The first-order valence-electron chi connectivity index (χ1n) is 9.82. The molecule has 154 valence electrons. The van der Waals surface area contributed by atoms with E-state index >= 15 is 0 Å². The molecule has 29 heavy (non-hydrogen) atoms. The number of benzene rings is 2. The van der Waals surface area contributed by atoms with Gasteiger partial charge >= 0.3 is 0 Å². The number of halogens is 1. The van der Waals surface area contributed by atoms with Crippen molar-refractivity contribution in [2.24, 2.45) is 0 Å². The van der Waals surface area contributed by atoms with Crippen molar-refractivity contribution < 1.29 is 14.3 Å². The van der Waals surface area contributed by atoms with Crippen LogP contribution in [0.4, 0.5) is 0 Å². The number of nitrogens with one attached hydrogen (secondary N) is 1. The number of amides is 2. The van der Waals surface area contributed by atoms with E-state index in [4.69, 9.17) is 4.74 Å². The molecule has 0 atom stereocenters. The molecule has 1 saturated heterocycles. The minimum Gasteiger partial charge on any atom is -0.494 e. The Kier molecular flexibility index (Phi) is 7.66. The second-order valence-corrected chi connectivity index (χ2v) is 7.80. The third kappa shape index (κ3) is 6.05. The summed E-state index contributed by atoms with van der Waals surface area (Å²) in [5, 5.41) is 3.24. The zero-order chi connectivity index (χ0) is 20.6. The first kappa shape index (κ1) is 21.3. The molecule has 1 aliphatic rings. The van der Waals surface area contributed by atoms with E-state index in [1.807, 2.05) is 48.2 Å². The van der Waals surface area contributed by atoms with Gasteiger partial charge in [0.1, 0.15) is 12.3 Å². The number of nitrogens with zero attached hydrogens (tertiary/aromatic N) is 2. The molecule has 0 bridgehead atoms. The van der Waals surface area contributed by atoms with Gasteiger partial charge in [-0.3, -0.25) is 9.59 Å². The second-order valence-electron chi connectivity index (χ2n) is 6.88. The molecule has 6 nitrogen and oxygen atoms in total. The Hall–Kier alpha value is -2.38. The first-order valence-corrected chi connectivity index (χ1v) is 10.6. The van der Waals surface area contributed by atoms with Crippen LogP contribution in [-0.2, 0) is 11.3 Å². The van der Waals surface area contributed by atoms with Crippen molar-refractivity contribution >= 4 is 27.7 Å². The quantitative estimate of drug-likeness (QED) is 0.691. The van der Waals surface area contributed by atoms with Gasteiger partial charge in [0.15, 0.2) is 0 Å². The molecule has 0 aromatic heterocycles. The topological polar surface area (TPSA) is 61.9 Å². The van der Waals surface area contributed by atoms with Crippen LogP contribution in [0.2, 0.25) is 0 Å². The fraction of sp³-hybridized carbons (Fsp3) is 0.364. The van der Waals surface area contributed by atoms with Crippen molar-refractivity contribution in [3.05, 3.63) is 64.1 Å². The first-order chi connectivity index (χ1) is 14.1. The summed E-state index contributed by atoms with van der Waals surface area (Å²) in [6.45, 7) is 5.78. The second kappa shape index (κ2) is 10.4. The maximum absolute atomic E-state index is 13.2. The lowest BCUT2D eigenvalue weighted by Gasteiger charge is -2.30. The molecule has 2 aromatic rings. The molecule has 0 radical (unpaired) electrons. The summed E-state index contributed by atoms with van der Waals surface area (Å²) in [5.74, 6) is 0.556. The molecular weight excluding hydrogens is 434 g/mol. The van der Waals surface area contributed by atoms with Gasteiger partial charge in [0.2, 0.25) is 5.91 Å². The number of hydrogen-bond acceptors (Lipinski definition) is 4. The number of piperazine rings is 1. The predicted molar refractivity (Wildman–Crippen MR) is 116 cm³/mol. The summed E-state index contributed by atoms with van der Waals surface area (Å²) in [5.41, 5.74) is 1.47. The van der Waals surface area contributed by atoms with Crippen LogP contribution in [-0.4, -0.2) is 60.9 Å². The molecule has 2 amide bonds. The molecule has 0 aliphatic carbocycles. The van der Waals surface area contributed by atoms with Crippen LogP contribution in [0.1, 0.15) is 22.8 Å². The van der Waals surface area contributed by atoms with Crippen LogP contribution in [0.25, 0.3) is 0 Å². The smallest absolute Gasteiger partial charge is 0.254 e. The lowest BCUT2D eigenvalue weighted by atomic mass is 10.1. The Bertz CT molecular complexity index is 853. The summed E-state index contributed by atoms with van der Waals surface area (Å²) in [4.78, 5) is 29.5. The Morgan fingerprint density at radius 2 is 1.90 bits per heavy atom. The lowest BCUT2D eigenvalue weighted by molar-refractivity contribution is -0.132. The molecular formula is C22H26BrN3O3. The molecule has 0 spiro atoms. The largest absolute Gasteiger partial charge is 0.494 e. The van der Waals surface area contributed by atoms with Gasteiger partial charge in [0, 0.05) is 42.8 Å². The van der Waals surface area contributed by atoms with Gasteiger partial charge in [-0.25, -0.2) is 0 Å². The lowest BCUT2D eigenvalue weighted by Crippen LogP contribution is -2.50. The molecule has 1 aliphatic heterocycles. The molecule has 3 rings (SSSR count). The minimum absolute atomic E-state index is 0.0317. The van der Waals surface area contributed by atoms with E-state index < -0.39 is 0 Å². The molecule has 0 unspecified atom stereocenters. The van der Waals surface area contributed by atoms with E-state index in [1.165, 1.54) is 0 Å². The number of ether oxygens (including phenoxy) is 1. The highest BCUT2D eigenvalue weighted by Crippen LogP contribution is 2.18. The molecule has 0 saturated carbocycles. The standard InChI is InChI=1S/C22H26BrN3O3/c1-2-29-20-8-3-5-17(13-20)15-26(16-21(27)25-11-9-24-10-12-25)22(28)18-6-4-7-19(23)14-18/h3-8,13-14,24H,2,9-12,15-16H2,1H3. The van der Waals surface area contributed by atoms with Gasteiger partial charge in [-0.15, -0.1) is 0 Å². The van der Waals surface area contributed by atoms with Gasteiger partial charge in [-0.2, -0.15) is 0 Å². The van der Waals surface area contributed by atoms with E-state index in [1.54, 1.807) is 17.0 Å². The maximum Gasteiger partial charge on any atom is 0.254 e. The van der Waals surface area contributed by atoms with Crippen LogP contribution in [0.5, 0.6) is 5.75 Å². The number of hydrogen-bond donors (Lipinski definition) is 1. The monoisotopic (exact) mass is 459 g/mol. The summed E-state index contributed by atoms with van der Waals surface area (Å²) in [6.07, 6.45) is 0. The fourth-order valence-electron chi connectivity index (χ4n) is 3.30. The van der Waals surface area contributed by atoms with Crippen LogP contribution < -0.4 is 10.1 Å². The van der Waals surface area contributed by atoms with Gasteiger partial charge in [-0.05, 0) is 42.8 Å². The van der Waals surface area contributed by atoms with Gasteiger partial charge in [-0.1, -0.05) is 34.1 Å². The molecule has 1 fully saturated rings. The van der Waals surface area contributed by atoms with Gasteiger partial charge in [0.25, 0.3) is 5.91 Å². The Morgan fingerprint density at radius 1 is 1.14 bits per heavy atom. The van der Waals surface area contributed by atoms with Crippen molar-refractivity contribution in [2.45, 2.75) is 13.5 Å². The normalized spacial score (nSPS) is 13.8. The number of rotatable bonds is 7. The minimum atomic E-state index is -0.170. The number of carbonyl (C=O) groups excluding carboxylic acids is 2. The van der Waals surface area contributed by atoms with E-state index in [2.05, 4.69) is 21.2 Å². The van der Waals surface area contributed by atoms with Gasteiger partial charge in [0.05, 0.1) is 6.61 Å². The van der Waals surface area contributed by atoms with Crippen LogP contribution in [0.15, 0.2) is 53.0 Å². The van der Waals surface area contributed by atoms with Crippen molar-refractivity contribution in [2.75, 3.05) is 39.3 Å². The van der Waals surface area contributed by atoms with E-state index in [-0.39, 0.29) is 18.4 Å². The average molecular weight is 460 g/mol. The van der Waals surface area contributed by atoms with Crippen LogP contribution in [0, 0.1) is 0 Å². The highest BCUT2D eigenvalue weighted by atomic mass is 79.9. The average Bonchev–Trinajstić information content (AvgIpc) is 2.74. The fourth-order valence-corrected chi connectivity index (χ4v) is 3.70. The zero-order valence-corrected chi connectivity index (χ0v) is 18.2. The summed E-state index contributed by atoms with van der Waals surface area (Å²) in [6, 6.07) is 14.9. The third-order valence-electron chi connectivity index (χ3n) is 4.74. The molecule has 2 aromatic carbocycles. The van der Waals surface area contributed by atoms with Crippen molar-refractivity contribution in [3.63, 3.8) is 0 Å².